The minimum absolute atomic E-state index is 0.0652. The number of carboxylic acid groups (broad SMARTS) is 1. The van der Waals surface area contributed by atoms with E-state index in [0.717, 1.165) is 19.4 Å². The Balaban J connectivity index is 1.91. The Kier molecular flexibility index (Phi) is 4.71. The van der Waals surface area contributed by atoms with Gasteiger partial charge in [0, 0.05) is 6.04 Å². The van der Waals surface area contributed by atoms with Gasteiger partial charge in [-0.3, -0.25) is 14.5 Å². The van der Waals surface area contributed by atoms with Crippen LogP contribution in [0.2, 0.25) is 0 Å². The molecule has 0 aliphatic carbocycles. The standard InChI is InChI=1S/C13H15N3O3S/c14-7-9-3-5-20-13(9)15-11(17)8-16-4-1-2-10(16)6-12(18)19/h3,5,10H,1-2,4,6,8H2,(H,15,17)(H,18,19). The van der Waals surface area contributed by atoms with Gasteiger partial charge in [-0.15, -0.1) is 11.3 Å². The quantitative estimate of drug-likeness (QED) is 0.858. The van der Waals surface area contributed by atoms with Gasteiger partial charge in [0.1, 0.15) is 11.1 Å². The Labute approximate surface area is 120 Å². The summed E-state index contributed by atoms with van der Waals surface area (Å²) in [6, 6.07) is 3.60. The van der Waals surface area contributed by atoms with E-state index in [1.807, 2.05) is 11.0 Å². The molecule has 2 rings (SSSR count). The van der Waals surface area contributed by atoms with Crippen LogP contribution in [0, 0.1) is 11.3 Å². The largest absolute Gasteiger partial charge is 0.481 e. The molecule has 1 aliphatic heterocycles. The number of rotatable bonds is 5. The van der Waals surface area contributed by atoms with Crippen molar-refractivity contribution in [1.29, 1.82) is 5.26 Å². The maximum atomic E-state index is 12.0. The first kappa shape index (κ1) is 14.5. The molecule has 1 fully saturated rings. The van der Waals surface area contributed by atoms with Crippen molar-refractivity contribution in [3.63, 3.8) is 0 Å². The molecule has 2 N–H and O–H groups in total. The SMILES string of the molecule is N#Cc1ccsc1NC(=O)CN1CCCC1CC(=O)O. The number of amides is 1. The number of nitriles is 1. The summed E-state index contributed by atoms with van der Waals surface area (Å²) in [5.74, 6) is -1.05. The van der Waals surface area contributed by atoms with E-state index in [4.69, 9.17) is 10.4 Å². The molecule has 1 saturated heterocycles. The van der Waals surface area contributed by atoms with E-state index in [1.54, 1.807) is 11.4 Å². The van der Waals surface area contributed by atoms with Crippen molar-refractivity contribution < 1.29 is 14.7 Å². The number of carboxylic acids is 1. The van der Waals surface area contributed by atoms with Gasteiger partial charge in [-0.1, -0.05) is 0 Å². The molecule has 1 atom stereocenters. The molecule has 2 heterocycles. The molecule has 0 spiro atoms. The number of nitrogens with zero attached hydrogens (tertiary/aromatic N) is 2. The summed E-state index contributed by atoms with van der Waals surface area (Å²) in [6.45, 7) is 0.904. The Morgan fingerprint density at radius 3 is 3.10 bits per heavy atom. The molecule has 0 aromatic carbocycles. The lowest BCUT2D eigenvalue weighted by molar-refractivity contribution is -0.138. The lowest BCUT2D eigenvalue weighted by Gasteiger charge is -2.22. The molecular weight excluding hydrogens is 278 g/mol. The van der Waals surface area contributed by atoms with Gasteiger partial charge in [0.15, 0.2) is 0 Å². The van der Waals surface area contributed by atoms with E-state index < -0.39 is 5.97 Å². The number of aliphatic carboxylic acids is 1. The van der Waals surface area contributed by atoms with Gasteiger partial charge in [0.2, 0.25) is 5.91 Å². The van der Waals surface area contributed by atoms with Crippen LogP contribution in [0.15, 0.2) is 11.4 Å². The molecule has 1 aromatic rings. The van der Waals surface area contributed by atoms with Crippen molar-refractivity contribution in [3.05, 3.63) is 17.0 Å². The zero-order valence-electron chi connectivity index (χ0n) is 10.8. The van der Waals surface area contributed by atoms with Gasteiger partial charge >= 0.3 is 5.97 Å². The summed E-state index contributed by atoms with van der Waals surface area (Å²) in [4.78, 5) is 24.6. The number of thiophene rings is 1. The average Bonchev–Trinajstić information content (AvgIpc) is 2.98. The van der Waals surface area contributed by atoms with Crippen LogP contribution in [0.5, 0.6) is 0 Å². The van der Waals surface area contributed by atoms with Crippen molar-refractivity contribution in [2.75, 3.05) is 18.4 Å². The fraction of sp³-hybridized carbons (Fsp3) is 0.462. The lowest BCUT2D eigenvalue weighted by atomic mass is 10.1. The summed E-state index contributed by atoms with van der Waals surface area (Å²) in [5.41, 5.74) is 0.451. The van der Waals surface area contributed by atoms with Gasteiger partial charge in [-0.25, -0.2) is 0 Å². The van der Waals surface area contributed by atoms with E-state index in [9.17, 15) is 9.59 Å². The summed E-state index contributed by atoms with van der Waals surface area (Å²) < 4.78 is 0. The molecule has 7 heteroatoms. The number of carbonyl (C=O) groups excluding carboxylic acids is 1. The highest BCUT2D eigenvalue weighted by atomic mass is 32.1. The summed E-state index contributed by atoms with van der Waals surface area (Å²) in [5, 5.41) is 22.7. The number of hydrogen-bond acceptors (Lipinski definition) is 5. The number of anilines is 1. The predicted octanol–water partition coefficient (Wildman–Crippen LogP) is 1.50. The molecule has 0 saturated carbocycles. The molecule has 1 aromatic heterocycles. The van der Waals surface area contributed by atoms with Gasteiger partial charge in [-0.2, -0.15) is 5.26 Å². The van der Waals surface area contributed by atoms with Crippen LogP contribution >= 0.6 is 11.3 Å². The number of carbonyl (C=O) groups is 2. The number of likely N-dealkylation sites (tertiary alicyclic amines) is 1. The fourth-order valence-corrected chi connectivity index (χ4v) is 3.13. The highest BCUT2D eigenvalue weighted by Gasteiger charge is 2.28. The molecule has 1 aliphatic rings. The molecule has 1 unspecified atom stereocenters. The highest BCUT2D eigenvalue weighted by Crippen LogP contribution is 2.23. The smallest absolute Gasteiger partial charge is 0.304 e. The van der Waals surface area contributed by atoms with E-state index in [0.29, 0.717) is 10.6 Å². The van der Waals surface area contributed by atoms with Crippen molar-refractivity contribution >= 4 is 28.2 Å². The van der Waals surface area contributed by atoms with E-state index in [2.05, 4.69) is 5.32 Å². The van der Waals surface area contributed by atoms with Crippen molar-refractivity contribution in [2.24, 2.45) is 0 Å². The molecule has 1 amide bonds. The maximum Gasteiger partial charge on any atom is 0.304 e. The third kappa shape index (κ3) is 3.56. The zero-order valence-corrected chi connectivity index (χ0v) is 11.7. The second-order valence-corrected chi connectivity index (χ2v) is 5.60. The average molecular weight is 293 g/mol. The van der Waals surface area contributed by atoms with E-state index in [1.165, 1.54) is 11.3 Å². The topological polar surface area (TPSA) is 93.4 Å². The third-order valence-corrected chi connectivity index (χ3v) is 4.12. The monoisotopic (exact) mass is 293 g/mol. The van der Waals surface area contributed by atoms with E-state index >= 15 is 0 Å². The van der Waals surface area contributed by atoms with Crippen LogP contribution in [0.3, 0.4) is 0 Å². The predicted molar refractivity (Wildman–Crippen MR) is 74.5 cm³/mol. The molecule has 20 heavy (non-hydrogen) atoms. The Morgan fingerprint density at radius 1 is 1.60 bits per heavy atom. The molecular formula is C13H15N3O3S. The van der Waals surface area contributed by atoms with Crippen molar-refractivity contribution in [1.82, 2.24) is 4.90 Å². The summed E-state index contributed by atoms with van der Waals surface area (Å²) >= 11 is 1.30. The van der Waals surface area contributed by atoms with Crippen LogP contribution < -0.4 is 5.32 Å². The van der Waals surface area contributed by atoms with Gasteiger partial charge in [0.25, 0.3) is 0 Å². The molecule has 0 bridgehead atoms. The minimum Gasteiger partial charge on any atom is -0.481 e. The fourth-order valence-electron chi connectivity index (χ4n) is 2.38. The van der Waals surface area contributed by atoms with Gasteiger partial charge in [-0.05, 0) is 30.8 Å². The third-order valence-electron chi connectivity index (χ3n) is 3.29. The minimum atomic E-state index is -0.840. The lowest BCUT2D eigenvalue weighted by Crippen LogP contribution is -2.37. The van der Waals surface area contributed by atoms with Crippen molar-refractivity contribution in [2.45, 2.75) is 25.3 Å². The Morgan fingerprint density at radius 2 is 2.40 bits per heavy atom. The Bertz CT molecular complexity index is 549. The van der Waals surface area contributed by atoms with Gasteiger partial charge in [0.05, 0.1) is 18.5 Å². The summed E-state index contributed by atoms with van der Waals surface area (Å²) in [7, 11) is 0. The normalized spacial score (nSPS) is 18.6. The number of hydrogen-bond donors (Lipinski definition) is 2. The highest BCUT2D eigenvalue weighted by molar-refractivity contribution is 7.14. The maximum absolute atomic E-state index is 12.0. The second kappa shape index (κ2) is 6.50. The van der Waals surface area contributed by atoms with Crippen LogP contribution in [0.1, 0.15) is 24.8 Å². The Hall–Kier alpha value is -1.91. The van der Waals surface area contributed by atoms with Crippen LogP contribution in [-0.2, 0) is 9.59 Å². The van der Waals surface area contributed by atoms with E-state index in [-0.39, 0.29) is 24.9 Å². The first-order valence-electron chi connectivity index (χ1n) is 6.33. The number of nitrogens with one attached hydrogen (secondary N) is 1. The van der Waals surface area contributed by atoms with Crippen LogP contribution in [-0.4, -0.2) is 41.0 Å². The van der Waals surface area contributed by atoms with Crippen molar-refractivity contribution in [3.8, 4) is 6.07 Å². The molecule has 106 valence electrons. The second-order valence-electron chi connectivity index (χ2n) is 4.69. The first-order valence-corrected chi connectivity index (χ1v) is 7.21. The van der Waals surface area contributed by atoms with Gasteiger partial charge < -0.3 is 10.4 Å². The van der Waals surface area contributed by atoms with Crippen LogP contribution in [0.4, 0.5) is 5.00 Å². The first-order chi connectivity index (χ1) is 9.60. The molecule has 0 radical (unpaired) electrons. The zero-order chi connectivity index (χ0) is 14.5. The van der Waals surface area contributed by atoms with Crippen LogP contribution in [0.25, 0.3) is 0 Å². The molecule has 6 nitrogen and oxygen atoms in total. The summed E-state index contributed by atoms with van der Waals surface area (Å²) in [6.07, 6.45) is 1.78.